The summed E-state index contributed by atoms with van der Waals surface area (Å²) in [5.74, 6) is -0.395. The predicted molar refractivity (Wildman–Crippen MR) is 128 cm³/mol. The number of aromatic nitrogens is 1. The van der Waals surface area contributed by atoms with Crippen molar-refractivity contribution in [2.24, 2.45) is 0 Å². The third kappa shape index (κ3) is 4.97. The van der Waals surface area contributed by atoms with Crippen LogP contribution in [0.25, 0.3) is 10.2 Å². The van der Waals surface area contributed by atoms with Crippen molar-refractivity contribution in [3.05, 3.63) is 53.6 Å². The van der Waals surface area contributed by atoms with Crippen LogP contribution in [0.3, 0.4) is 0 Å². The van der Waals surface area contributed by atoms with Crippen molar-refractivity contribution in [3.63, 3.8) is 0 Å². The number of amides is 1. The maximum absolute atomic E-state index is 13.7. The molecule has 1 aromatic heterocycles. The van der Waals surface area contributed by atoms with Gasteiger partial charge in [-0.3, -0.25) is 9.69 Å². The highest BCUT2D eigenvalue weighted by atomic mass is 32.2. The number of anilines is 1. The monoisotopic (exact) mass is 459 g/mol. The van der Waals surface area contributed by atoms with Crippen LogP contribution in [-0.2, 0) is 9.84 Å². The zero-order chi connectivity index (χ0) is 22.6. The predicted octanol–water partition coefficient (Wildman–Crippen LogP) is 4.39. The minimum atomic E-state index is -3.54. The van der Waals surface area contributed by atoms with E-state index in [0.717, 1.165) is 28.9 Å². The lowest BCUT2D eigenvalue weighted by Crippen LogP contribution is -2.39. The molecule has 166 valence electrons. The number of aryl methyl sites for hydroxylation is 1. The van der Waals surface area contributed by atoms with Gasteiger partial charge < -0.3 is 4.90 Å². The van der Waals surface area contributed by atoms with E-state index in [1.54, 1.807) is 30.0 Å². The molecular weight excluding hydrogens is 430 g/mol. The molecular formula is C23H29N3O3S2. The summed E-state index contributed by atoms with van der Waals surface area (Å²) >= 11 is 1.45. The van der Waals surface area contributed by atoms with E-state index in [-0.39, 0.29) is 22.1 Å². The Morgan fingerprint density at radius 3 is 2.35 bits per heavy atom. The van der Waals surface area contributed by atoms with Crippen molar-refractivity contribution in [3.8, 4) is 0 Å². The van der Waals surface area contributed by atoms with E-state index in [1.165, 1.54) is 17.4 Å². The van der Waals surface area contributed by atoms with Gasteiger partial charge in [0.25, 0.3) is 5.91 Å². The molecule has 0 bridgehead atoms. The molecule has 8 heteroatoms. The molecule has 0 aliphatic carbocycles. The van der Waals surface area contributed by atoms with Crippen LogP contribution in [0.2, 0.25) is 0 Å². The van der Waals surface area contributed by atoms with Gasteiger partial charge in [-0.1, -0.05) is 56.4 Å². The van der Waals surface area contributed by atoms with E-state index in [9.17, 15) is 13.2 Å². The van der Waals surface area contributed by atoms with E-state index in [1.807, 2.05) is 25.1 Å². The molecule has 6 nitrogen and oxygen atoms in total. The summed E-state index contributed by atoms with van der Waals surface area (Å²) in [7, 11) is -3.54. The largest absolute Gasteiger partial charge is 0.302 e. The van der Waals surface area contributed by atoms with Crippen molar-refractivity contribution < 1.29 is 13.2 Å². The van der Waals surface area contributed by atoms with Gasteiger partial charge in [0.05, 0.1) is 26.4 Å². The van der Waals surface area contributed by atoms with Gasteiger partial charge in [0.1, 0.15) is 0 Å². The van der Waals surface area contributed by atoms with Crippen molar-refractivity contribution in [1.82, 2.24) is 9.88 Å². The maximum Gasteiger partial charge on any atom is 0.261 e. The zero-order valence-corrected chi connectivity index (χ0v) is 20.1. The smallest absolute Gasteiger partial charge is 0.261 e. The number of likely N-dealkylation sites (N-methyl/N-ethyl adjacent to an activating group) is 1. The SMILES string of the molecule is CCN(CC)CCN(C(=O)c1ccccc1S(=O)(=O)CC)c1nc2c(C)cccc2s1. The standard InChI is InChI=1S/C23H29N3O3S2/c1-5-25(6-2)15-16-26(23-24-21-17(4)11-10-13-19(21)30-23)22(27)18-12-8-9-14-20(18)31(28,29)7-3/h8-14H,5-7,15-16H2,1-4H3. The molecule has 0 N–H and O–H groups in total. The summed E-state index contributed by atoms with van der Waals surface area (Å²) in [6.45, 7) is 10.6. The number of thiazole rings is 1. The summed E-state index contributed by atoms with van der Waals surface area (Å²) in [4.78, 5) is 22.4. The maximum atomic E-state index is 13.7. The van der Waals surface area contributed by atoms with Gasteiger partial charge in [-0.2, -0.15) is 0 Å². The van der Waals surface area contributed by atoms with Crippen LogP contribution in [0.15, 0.2) is 47.4 Å². The van der Waals surface area contributed by atoms with Gasteiger partial charge in [-0.15, -0.1) is 0 Å². The fraction of sp³-hybridized carbons (Fsp3) is 0.391. The Hall–Kier alpha value is -2.29. The molecule has 0 unspecified atom stereocenters. The van der Waals surface area contributed by atoms with E-state index in [0.29, 0.717) is 18.2 Å². The molecule has 0 aliphatic heterocycles. The lowest BCUT2D eigenvalue weighted by atomic mass is 10.2. The molecule has 31 heavy (non-hydrogen) atoms. The number of fused-ring (bicyclic) bond motifs is 1. The first-order chi connectivity index (χ1) is 14.8. The molecule has 1 amide bonds. The van der Waals surface area contributed by atoms with Crippen LogP contribution in [0, 0.1) is 6.92 Å². The number of carbonyl (C=O) groups is 1. The molecule has 3 rings (SSSR count). The molecule has 0 spiro atoms. The Balaban J connectivity index is 2.08. The lowest BCUT2D eigenvalue weighted by Gasteiger charge is -2.25. The Morgan fingerprint density at radius 2 is 1.71 bits per heavy atom. The molecule has 0 fully saturated rings. The molecule has 1 heterocycles. The van der Waals surface area contributed by atoms with Gasteiger partial charge >= 0.3 is 0 Å². The van der Waals surface area contributed by atoms with Crippen LogP contribution in [0.4, 0.5) is 5.13 Å². The molecule has 0 saturated heterocycles. The average Bonchev–Trinajstić information content (AvgIpc) is 3.22. The van der Waals surface area contributed by atoms with E-state index in [4.69, 9.17) is 4.98 Å². The van der Waals surface area contributed by atoms with E-state index >= 15 is 0 Å². The second-order valence-corrected chi connectivity index (χ2v) is 10.6. The highest BCUT2D eigenvalue weighted by Crippen LogP contribution is 2.32. The Kier molecular flexibility index (Phi) is 7.46. The third-order valence-electron chi connectivity index (χ3n) is 5.45. The van der Waals surface area contributed by atoms with Gasteiger partial charge in [0.2, 0.25) is 0 Å². The second kappa shape index (κ2) is 9.89. The molecule has 3 aromatic rings. The molecule has 0 radical (unpaired) electrons. The zero-order valence-electron chi connectivity index (χ0n) is 18.5. The first kappa shape index (κ1) is 23.4. The van der Waals surface area contributed by atoms with Crippen molar-refractivity contribution in [1.29, 1.82) is 0 Å². The number of hydrogen-bond donors (Lipinski definition) is 0. The summed E-state index contributed by atoms with van der Waals surface area (Å²) in [6, 6.07) is 12.4. The van der Waals surface area contributed by atoms with Gasteiger partial charge in [0, 0.05) is 13.1 Å². The summed E-state index contributed by atoms with van der Waals surface area (Å²) < 4.78 is 26.3. The number of para-hydroxylation sites is 1. The normalized spacial score (nSPS) is 11.9. The topological polar surface area (TPSA) is 70.6 Å². The quantitative estimate of drug-likeness (QED) is 0.475. The van der Waals surface area contributed by atoms with Gasteiger partial charge in [-0.25, -0.2) is 13.4 Å². The molecule has 0 aliphatic rings. The number of hydrogen-bond acceptors (Lipinski definition) is 6. The number of carbonyl (C=O) groups excluding carboxylic acids is 1. The fourth-order valence-electron chi connectivity index (χ4n) is 3.47. The second-order valence-electron chi connectivity index (χ2n) is 7.30. The number of benzene rings is 2. The first-order valence-corrected chi connectivity index (χ1v) is 13.0. The number of sulfone groups is 1. The van der Waals surface area contributed by atoms with Crippen molar-refractivity contribution >= 4 is 42.4 Å². The van der Waals surface area contributed by atoms with Crippen LogP contribution in [-0.4, -0.2) is 56.1 Å². The molecule has 0 atom stereocenters. The molecule has 0 saturated carbocycles. The summed E-state index contributed by atoms with van der Waals surface area (Å²) in [6.07, 6.45) is 0. The highest BCUT2D eigenvalue weighted by molar-refractivity contribution is 7.91. The first-order valence-electron chi connectivity index (χ1n) is 10.5. The summed E-state index contributed by atoms with van der Waals surface area (Å²) in [5, 5.41) is 0.588. The summed E-state index contributed by atoms with van der Waals surface area (Å²) in [5.41, 5.74) is 2.11. The Bertz CT molecular complexity index is 1170. The van der Waals surface area contributed by atoms with Crippen molar-refractivity contribution in [2.45, 2.75) is 32.6 Å². The van der Waals surface area contributed by atoms with Crippen LogP contribution < -0.4 is 4.90 Å². The Labute approximate surface area is 188 Å². The van der Waals surface area contributed by atoms with Crippen LogP contribution in [0.5, 0.6) is 0 Å². The van der Waals surface area contributed by atoms with E-state index < -0.39 is 9.84 Å². The van der Waals surface area contributed by atoms with Gasteiger partial charge in [-0.05, 0) is 43.8 Å². The van der Waals surface area contributed by atoms with E-state index in [2.05, 4.69) is 18.7 Å². The lowest BCUT2D eigenvalue weighted by molar-refractivity contribution is 0.0980. The van der Waals surface area contributed by atoms with Crippen LogP contribution >= 0.6 is 11.3 Å². The minimum Gasteiger partial charge on any atom is -0.302 e. The minimum absolute atomic E-state index is 0.0585. The molecule has 2 aromatic carbocycles. The van der Waals surface area contributed by atoms with Gasteiger partial charge in [0.15, 0.2) is 15.0 Å². The third-order valence-corrected chi connectivity index (χ3v) is 8.28. The van der Waals surface area contributed by atoms with Crippen molar-refractivity contribution in [2.75, 3.05) is 36.8 Å². The Morgan fingerprint density at radius 1 is 1.00 bits per heavy atom. The number of nitrogens with zero attached hydrogens (tertiary/aromatic N) is 3. The average molecular weight is 460 g/mol. The number of rotatable bonds is 9. The fourth-order valence-corrected chi connectivity index (χ4v) is 5.63. The van der Waals surface area contributed by atoms with Crippen LogP contribution in [0.1, 0.15) is 36.7 Å². The highest BCUT2D eigenvalue weighted by Gasteiger charge is 2.27.